The van der Waals surface area contributed by atoms with Gasteiger partial charge in [0, 0.05) is 49.4 Å². The number of carbonyl (C=O) groups is 3. The molecule has 0 radical (unpaired) electrons. The molecule has 1 aromatic carbocycles. The predicted octanol–water partition coefficient (Wildman–Crippen LogP) is 2.51. The Morgan fingerprint density at radius 2 is 1.86 bits per heavy atom. The number of aromatic nitrogens is 2. The molecule has 228 valence electrons. The van der Waals surface area contributed by atoms with Crippen molar-refractivity contribution in [3.05, 3.63) is 30.3 Å². The van der Waals surface area contributed by atoms with Gasteiger partial charge in [-0.05, 0) is 46.1 Å². The Labute approximate surface area is 251 Å². The Balaban J connectivity index is 1.42. The van der Waals surface area contributed by atoms with Crippen molar-refractivity contribution in [1.29, 1.82) is 0 Å². The lowest BCUT2D eigenvalue weighted by molar-refractivity contribution is -0.148. The average molecular weight is 598 g/mol. The lowest BCUT2D eigenvalue weighted by Crippen LogP contribution is -2.66. The molecule has 1 saturated carbocycles. The normalized spacial score (nSPS) is 24.5. The van der Waals surface area contributed by atoms with Gasteiger partial charge >= 0.3 is 0 Å². The van der Waals surface area contributed by atoms with Gasteiger partial charge in [0.2, 0.25) is 17.7 Å². The van der Waals surface area contributed by atoms with Gasteiger partial charge in [-0.15, -0.1) is 5.10 Å². The van der Waals surface area contributed by atoms with Crippen LogP contribution in [0, 0.1) is 5.92 Å². The highest BCUT2D eigenvalue weighted by Gasteiger charge is 2.47. The van der Waals surface area contributed by atoms with E-state index in [0.29, 0.717) is 30.4 Å². The van der Waals surface area contributed by atoms with Crippen LogP contribution in [-0.2, 0) is 19.1 Å². The molecule has 3 aliphatic rings. The maximum absolute atomic E-state index is 14.5. The summed E-state index contributed by atoms with van der Waals surface area (Å²) < 4.78 is 10.0. The van der Waals surface area contributed by atoms with Crippen molar-refractivity contribution in [3.63, 3.8) is 0 Å². The van der Waals surface area contributed by atoms with Crippen molar-refractivity contribution < 1.29 is 19.1 Å². The van der Waals surface area contributed by atoms with Crippen molar-refractivity contribution >= 4 is 34.3 Å². The summed E-state index contributed by atoms with van der Waals surface area (Å²) in [5.74, 6) is -0.621. The van der Waals surface area contributed by atoms with Crippen LogP contribution in [0.5, 0.6) is 0 Å². The number of ether oxygens (including phenoxy) is 1. The molecule has 3 heterocycles. The van der Waals surface area contributed by atoms with Gasteiger partial charge in [0.1, 0.15) is 22.8 Å². The molecule has 0 spiro atoms. The summed E-state index contributed by atoms with van der Waals surface area (Å²) in [5.41, 5.74) is 1.46. The minimum absolute atomic E-state index is 0.0381. The number of benzene rings is 1. The van der Waals surface area contributed by atoms with E-state index in [1.54, 1.807) is 18.9 Å². The summed E-state index contributed by atoms with van der Waals surface area (Å²) in [5, 5.41) is 13.9. The van der Waals surface area contributed by atoms with Gasteiger partial charge in [-0.2, -0.15) is 0 Å². The number of piperazine rings is 1. The standard InChI is InChI=1S/C30H43N7O4S/c1-4-41-23-15-22-16-37(30(40)26(21-13-9-6-10-14-21)32-27(38)19(2)31-3)24(18-36(22)17-23)28(39)33-29-25(34-35-42-29)20-11-7-5-8-12-20/h5,7-8,11-12,19,21-24,26,31H,4,6,9-10,13-18H2,1-3H3,(H,32,38)(H,33,39). The topological polar surface area (TPSA) is 129 Å². The van der Waals surface area contributed by atoms with Gasteiger partial charge in [0.25, 0.3) is 0 Å². The predicted molar refractivity (Wildman–Crippen MR) is 162 cm³/mol. The summed E-state index contributed by atoms with van der Waals surface area (Å²) in [6, 6.07) is 7.86. The zero-order chi connectivity index (χ0) is 29.6. The molecule has 2 aromatic rings. The van der Waals surface area contributed by atoms with Crippen molar-refractivity contribution in [3.8, 4) is 11.3 Å². The third-order valence-electron chi connectivity index (χ3n) is 8.95. The fourth-order valence-corrected chi connectivity index (χ4v) is 7.14. The molecule has 42 heavy (non-hydrogen) atoms. The van der Waals surface area contributed by atoms with Gasteiger partial charge < -0.3 is 25.6 Å². The van der Waals surface area contributed by atoms with Crippen LogP contribution in [0.25, 0.3) is 11.3 Å². The molecule has 1 aliphatic carbocycles. The fraction of sp³-hybridized carbons (Fsp3) is 0.633. The zero-order valence-corrected chi connectivity index (χ0v) is 25.6. The Hall–Kier alpha value is -2.93. The second-order valence-electron chi connectivity index (χ2n) is 11.6. The minimum atomic E-state index is -0.732. The number of nitrogens with zero attached hydrogens (tertiary/aromatic N) is 4. The van der Waals surface area contributed by atoms with E-state index >= 15 is 0 Å². The monoisotopic (exact) mass is 597 g/mol. The van der Waals surface area contributed by atoms with Crippen LogP contribution in [0.4, 0.5) is 5.00 Å². The SMILES string of the molecule is CCOC1CC2CN(C(=O)C(NC(=O)C(C)NC)C3CCCCC3)C(C(=O)Nc3snnc3-c3ccccc3)CN2C1. The number of hydrogen-bond acceptors (Lipinski definition) is 9. The number of likely N-dealkylation sites (N-methyl/N-ethyl adjacent to an activating group) is 1. The van der Waals surface area contributed by atoms with Gasteiger partial charge in [-0.3, -0.25) is 19.3 Å². The number of nitrogens with one attached hydrogen (secondary N) is 3. The van der Waals surface area contributed by atoms with Crippen molar-refractivity contribution in [2.75, 3.05) is 38.6 Å². The second kappa shape index (κ2) is 14.0. The average Bonchev–Trinajstić information content (AvgIpc) is 3.65. The summed E-state index contributed by atoms with van der Waals surface area (Å²) in [6.45, 7) is 5.93. The van der Waals surface area contributed by atoms with E-state index < -0.39 is 18.1 Å². The van der Waals surface area contributed by atoms with E-state index in [4.69, 9.17) is 4.74 Å². The Kier molecular flexibility index (Phi) is 10.2. The van der Waals surface area contributed by atoms with Crippen LogP contribution in [0.15, 0.2) is 30.3 Å². The lowest BCUT2D eigenvalue weighted by Gasteiger charge is -2.45. The third-order valence-corrected chi connectivity index (χ3v) is 9.59. The highest BCUT2D eigenvalue weighted by Crippen LogP contribution is 2.33. The molecule has 11 nitrogen and oxygen atoms in total. The van der Waals surface area contributed by atoms with Crippen LogP contribution in [-0.4, -0.2) is 101 Å². The van der Waals surface area contributed by atoms with Crippen molar-refractivity contribution in [1.82, 2.24) is 30.0 Å². The van der Waals surface area contributed by atoms with Gasteiger partial charge in [-0.25, -0.2) is 0 Å². The molecular weight excluding hydrogens is 554 g/mol. The van der Waals surface area contributed by atoms with E-state index in [1.165, 1.54) is 0 Å². The Bertz CT molecular complexity index is 1220. The minimum Gasteiger partial charge on any atom is -0.377 e. The lowest BCUT2D eigenvalue weighted by atomic mass is 9.82. The van der Waals surface area contributed by atoms with Gasteiger partial charge in [0.05, 0.1) is 12.1 Å². The molecule has 0 bridgehead atoms. The molecule has 5 rings (SSSR count). The van der Waals surface area contributed by atoms with E-state index in [1.807, 2.05) is 37.3 Å². The fourth-order valence-electron chi connectivity index (χ4n) is 6.54. The first kappa shape index (κ1) is 30.5. The van der Waals surface area contributed by atoms with Gasteiger partial charge in [0.15, 0.2) is 0 Å². The Morgan fingerprint density at radius 3 is 2.57 bits per heavy atom. The maximum Gasteiger partial charge on any atom is 0.249 e. The molecule has 1 aromatic heterocycles. The van der Waals surface area contributed by atoms with Crippen LogP contribution >= 0.6 is 11.5 Å². The first-order valence-corrected chi connectivity index (χ1v) is 16.0. The smallest absolute Gasteiger partial charge is 0.249 e. The van der Waals surface area contributed by atoms with E-state index in [0.717, 1.165) is 62.2 Å². The summed E-state index contributed by atoms with van der Waals surface area (Å²) in [4.78, 5) is 45.6. The number of carbonyl (C=O) groups excluding carboxylic acids is 3. The summed E-state index contributed by atoms with van der Waals surface area (Å²) in [7, 11) is 1.73. The van der Waals surface area contributed by atoms with Gasteiger partial charge in [-0.1, -0.05) is 54.1 Å². The first-order chi connectivity index (χ1) is 20.4. The molecule has 2 aliphatic heterocycles. The number of rotatable bonds is 10. The van der Waals surface area contributed by atoms with Crippen LogP contribution in [0.2, 0.25) is 0 Å². The number of fused-ring (bicyclic) bond motifs is 1. The molecule has 5 unspecified atom stereocenters. The molecule has 2 saturated heterocycles. The molecular formula is C30H43N7O4S. The molecule has 3 amide bonds. The molecule has 5 atom stereocenters. The van der Waals surface area contributed by atoms with Crippen molar-refractivity contribution in [2.24, 2.45) is 5.92 Å². The zero-order valence-electron chi connectivity index (χ0n) is 24.8. The first-order valence-electron chi connectivity index (χ1n) is 15.2. The highest BCUT2D eigenvalue weighted by atomic mass is 32.1. The highest BCUT2D eigenvalue weighted by molar-refractivity contribution is 7.10. The van der Waals surface area contributed by atoms with E-state index in [2.05, 4.69) is 30.4 Å². The Morgan fingerprint density at radius 1 is 1.10 bits per heavy atom. The second-order valence-corrected chi connectivity index (χ2v) is 12.4. The van der Waals surface area contributed by atoms with Crippen LogP contribution in [0.3, 0.4) is 0 Å². The van der Waals surface area contributed by atoms with E-state index in [-0.39, 0.29) is 35.8 Å². The number of hydrogen-bond donors (Lipinski definition) is 3. The van der Waals surface area contributed by atoms with Crippen LogP contribution in [0.1, 0.15) is 52.4 Å². The number of amides is 3. The molecule has 12 heteroatoms. The quantitative estimate of drug-likeness (QED) is 0.381. The maximum atomic E-state index is 14.5. The largest absolute Gasteiger partial charge is 0.377 e. The number of anilines is 1. The third kappa shape index (κ3) is 6.82. The van der Waals surface area contributed by atoms with Crippen LogP contribution < -0.4 is 16.0 Å². The molecule has 3 N–H and O–H groups in total. The molecule has 3 fully saturated rings. The summed E-state index contributed by atoms with van der Waals surface area (Å²) >= 11 is 1.12. The summed E-state index contributed by atoms with van der Waals surface area (Å²) in [6.07, 6.45) is 5.83. The van der Waals surface area contributed by atoms with Crippen molar-refractivity contribution in [2.45, 2.75) is 82.6 Å². The van der Waals surface area contributed by atoms with E-state index in [9.17, 15) is 14.4 Å².